The van der Waals surface area contributed by atoms with Crippen molar-refractivity contribution >= 4 is 11.5 Å². The van der Waals surface area contributed by atoms with Gasteiger partial charge in [-0.25, -0.2) is 4.98 Å². The van der Waals surface area contributed by atoms with E-state index in [9.17, 15) is 0 Å². The molecule has 0 aliphatic carbocycles. The number of rotatable bonds is 5. The monoisotopic (exact) mass is 326 g/mol. The lowest BCUT2D eigenvalue weighted by atomic mass is 10.1. The summed E-state index contributed by atoms with van der Waals surface area (Å²) in [4.78, 5) is 13.4. The minimum Gasteiger partial charge on any atom is -0.497 e. The van der Waals surface area contributed by atoms with E-state index in [1.807, 2.05) is 12.3 Å². The standard InChI is InChI=1S/C17H18N4OS/c1-11(2)12-4-5-13(19-10-12)8-16-20-17(21-23-16)15-9-14(22-3)6-7-18-15/h4-7,9-11H,8H2,1-3H3. The molecular weight excluding hydrogens is 308 g/mol. The molecule has 0 spiro atoms. The molecule has 0 bridgehead atoms. The third kappa shape index (κ3) is 3.71. The van der Waals surface area contributed by atoms with Crippen LogP contribution in [0.3, 0.4) is 0 Å². The molecular formula is C17H18N4OS. The van der Waals surface area contributed by atoms with Gasteiger partial charge in [0.25, 0.3) is 0 Å². The van der Waals surface area contributed by atoms with Crippen molar-refractivity contribution < 1.29 is 4.74 Å². The first-order valence-electron chi connectivity index (χ1n) is 7.43. The van der Waals surface area contributed by atoms with Crippen LogP contribution in [0.15, 0.2) is 36.7 Å². The van der Waals surface area contributed by atoms with Crippen LogP contribution in [0.5, 0.6) is 5.75 Å². The van der Waals surface area contributed by atoms with Gasteiger partial charge in [0.05, 0.1) is 7.11 Å². The minimum atomic E-state index is 0.490. The zero-order chi connectivity index (χ0) is 16.2. The van der Waals surface area contributed by atoms with Gasteiger partial charge in [-0.2, -0.15) is 4.37 Å². The fourth-order valence-corrected chi connectivity index (χ4v) is 2.79. The topological polar surface area (TPSA) is 60.8 Å². The summed E-state index contributed by atoms with van der Waals surface area (Å²) < 4.78 is 9.60. The van der Waals surface area contributed by atoms with Gasteiger partial charge < -0.3 is 4.74 Å². The number of pyridine rings is 2. The van der Waals surface area contributed by atoms with Crippen molar-refractivity contribution in [2.75, 3.05) is 7.11 Å². The molecule has 0 aliphatic rings. The van der Waals surface area contributed by atoms with Gasteiger partial charge in [-0.15, -0.1) is 0 Å². The molecule has 0 atom stereocenters. The highest BCUT2D eigenvalue weighted by molar-refractivity contribution is 7.05. The maximum Gasteiger partial charge on any atom is 0.191 e. The van der Waals surface area contributed by atoms with Gasteiger partial charge in [-0.05, 0) is 35.1 Å². The number of hydrogen-bond acceptors (Lipinski definition) is 6. The number of aromatic nitrogens is 4. The first kappa shape index (κ1) is 15.6. The van der Waals surface area contributed by atoms with Crippen LogP contribution in [0.1, 0.15) is 36.0 Å². The highest BCUT2D eigenvalue weighted by atomic mass is 32.1. The Morgan fingerprint density at radius 1 is 1.17 bits per heavy atom. The molecule has 5 nitrogen and oxygen atoms in total. The van der Waals surface area contributed by atoms with E-state index < -0.39 is 0 Å². The molecule has 3 aromatic heterocycles. The third-order valence-corrected chi connectivity index (χ3v) is 4.22. The van der Waals surface area contributed by atoms with Gasteiger partial charge in [-0.1, -0.05) is 19.9 Å². The van der Waals surface area contributed by atoms with E-state index in [-0.39, 0.29) is 0 Å². The van der Waals surface area contributed by atoms with E-state index in [2.05, 4.69) is 45.3 Å². The number of hydrogen-bond donors (Lipinski definition) is 0. The first-order valence-corrected chi connectivity index (χ1v) is 8.21. The summed E-state index contributed by atoms with van der Waals surface area (Å²) >= 11 is 1.38. The van der Waals surface area contributed by atoms with Gasteiger partial charge in [-0.3, -0.25) is 9.97 Å². The second-order valence-corrected chi connectivity index (χ2v) is 6.34. The van der Waals surface area contributed by atoms with E-state index in [1.54, 1.807) is 19.4 Å². The summed E-state index contributed by atoms with van der Waals surface area (Å²) in [6.45, 7) is 4.32. The van der Waals surface area contributed by atoms with Crippen molar-refractivity contribution in [1.29, 1.82) is 0 Å². The normalized spacial score (nSPS) is 11.0. The van der Waals surface area contributed by atoms with Gasteiger partial charge in [0, 0.05) is 30.6 Å². The van der Waals surface area contributed by atoms with Crippen molar-refractivity contribution in [2.24, 2.45) is 0 Å². The Morgan fingerprint density at radius 3 is 2.74 bits per heavy atom. The van der Waals surface area contributed by atoms with Gasteiger partial charge in [0.2, 0.25) is 0 Å². The molecule has 0 N–H and O–H groups in total. The highest BCUT2D eigenvalue weighted by Crippen LogP contribution is 2.21. The Kier molecular flexibility index (Phi) is 4.62. The summed E-state index contributed by atoms with van der Waals surface area (Å²) in [5.74, 6) is 1.86. The van der Waals surface area contributed by atoms with Crippen LogP contribution in [-0.2, 0) is 6.42 Å². The van der Waals surface area contributed by atoms with E-state index >= 15 is 0 Å². The van der Waals surface area contributed by atoms with Crippen LogP contribution in [0, 0.1) is 0 Å². The summed E-state index contributed by atoms with van der Waals surface area (Å²) in [6.07, 6.45) is 4.31. The summed E-state index contributed by atoms with van der Waals surface area (Å²) in [5, 5.41) is 0.925. The average molecular weight is 326 g/mol. The predicted molar refractivity (Wildman–Crippen MR) is 90.8 cm³/mol. The van der Waals surface area contributed by atoms with Crippen molar-refractivity contribution in [3.8, 4) is 17.3 Å². The molecule has 3 aromatic rings. The van der Waals surface area contributed by atoms with E-state index in [0.717, 1.165) is 22.1 Å². The molecule has 23 heavy (non-hydrogen) atoms. The highest BCUT2D eigenvalue weighted by Gasteiger charge is 2.10. The first-order chi connectivity index (χ1) is 11.2. The van der Waals surface area contributed by atoms with Crippen molar-refractivity contribution in [2.45, 2.75) is 26.2 Å². The molecule has 3 heterocycles. The Hall–Kier alpha value is -2.34. The quantitative estimate of drug-likeness (QED) is 0.715. The van der Waals surface area contributed by atoms with Crippen molar-refractivity contribution in [3.05, 3.63) is 52.9 Å². The van der Waals surface area contributed by atoms with Gasteiger partial charge in [0.1, 0.15) is 16.5 Å². The van der Waals surface area contributed by atoms with Crippen LogP contribution < -0.4 is 4.74 Å². The lowest BCUT2D eigenvalue weighted by Gasteiger charge is -2.04. The lowest BCUT2D eigenvalue weighted by molar-refractivity contribution is 0.414. The Labute approximate surface area is 139 Å². The molecule has 6 heteroatoms. The Bertz CT molecular complexity index is 783. The lowest BCUT2D eigenvalue weighted by Crippen LogP contribution is -1.95. The number of methoxy groups -OCH3 is 1. The van der Waals surface area contributed by atoms with Crippen LogP contribution in [-0.4, -0.2) is 26.4 Å². The predicted octanol–water partition coefficient (Wildman–Crippen LogP) is 3.72. The fourth-order valence-electron chi connectivity index (χ4n) is 2.13. The third-order valence-electron chi connectivity index (χ3n) is 3.51. The van der Waals surface area contributed by atoms with Crippen molar-refractivity contribution in [1.82, 2.24) is 19.3 Å². The number of ether oxygens (including phenoxy) is 1. The van der Waals surface area contributed by atoms with Gasteiger partial charge in [0.15, 0.2) is 5.82 Å². The second kappa shape index (κ2) is 6.83. The average Bonchev–Trinajstić information content (AvgIpc) is 3.04. The maximum atomic E-state index is 5.21. The van der Waals surface area contributed by atoms with Gasteiger partial charge >= 0.3 is 0 Å². The SMILES string of the molecule is COc1ccnc(-c2nsc(Cc3ccc(C(C)C)cn3)n2)c1. The molecule has 0 saturated carbocycles. The summed E-state index contributed by atoms with van der Waals surface area (Å²) in [5.41, 5.74) is 2.96. The molecule has 0 fully saturated rings. The van der Waals surface area contributed by atoms with E-state index in [4.69, 9.17) is 4.74 Å². The largest absolute Gasteiger partial charge is 0.497 e. The van der Waals surface area contributed by atoms with E-state index in [1.165, 1.54) is 17.1 Å². The van der Waals surface area contributed by atoms with Crippen LogP contribution in [0.4, 0.5) is 0 Å². The zero-order valence-electron chi connectivity index (χ0n) is 13.4. The van der Waals surface area contributed by atoms with Crippen LogP contribution in [0.2, 0.25) is 0 Å². The summed E-state index contributed by atoms with van der Waals surface area (Å²) in [7, 11) is 1.63. The van der Waals surface area contributed by atoms with E-state index in [0.29, 0.717) is 18.2 Å². The molecule has 118 valence electrons. The minimum absolute atomic E-state index is 0.490. The molecule has 0 aromatic carbocycles. The fraction of sp³-hybridized carbons (Fsp3) is 0.294. The molecule has 0 unspecified atom stereocenters. The Balaban J connectivity index is 1.76. The Morgan fingerprint density at radius 2 is 2.04 bits per heavy atom. The molecule has 0 radical (unpaired) electrons. The molecule has 0 amide bonds. The van der Waals surface area contributed by atoms with Crippen molar-refractivity contribution in [3.63, 3.8) is 0 Å². The maximum absolute atomic E-state index is 5.21. The zero-order valence-corrected chi connectivity index (χ0v) is 14.2. The number of nitrogens with zero attached hydrogens (tertiary/aromatic N) is 4. The molecule has 0 saturated heterocycles. The smallest absolute Gasteiger partial charge is 0.191 e. The molecule has 3 rings (SSSR count). The summed E-state index contributed by atoms with van der Waals surface area (Å²) in [6, 6.07) is 7.82. The molecule has 0 aliphatic heterocycles. The van der Waals surface area contributed by atoms with Crippen LogP contribution in [0.25, 0.3) is 11.5 Å². The second-order valence-electron chi connectivity index (χ2n) is 5.51. The van der Waals surface area contributed by atoms with Crippen LogP contribution >= 0.6 is 11.5 Å².